The highest BCUT2D eigenvalue weighted by atomic mass is 16.3. The molecule has 0 saturated carbocycles. The van der Waals surface area contributed by atoms with Gasteiger partial charge >= 0.3 is 0 Å². The second kappa shape index (κ2) is 7.17. The highest BCUT2D eigenvalue weighted by Crippen LogP contribution is 2.16. The van der Waals surface area contributed by atoms with Crippen LogP contribution in [0.1, 0.15) is 32.3 Å². The summed E-state index contributed by atoms with van der Waals surface area (Å²) in [5.74, 6) is 2.04. The average Bonchev–Trinajstić information content (AvgIpc) is 2.45. The van der Waals surface area contributed by atoms with E-state index >= 15 is 0 Å². The Hall–Kier alpha value is -1.71. The molecule has 1 aliphatic rings. The van der Waals surface area contributed by atoms with Gasteiger partial charge in [0.1, 0.15) is 5.75 Å². The van der Waals surface area contributed by atoms with E-state index in [0.29, 0.717) is 12.3 Å². The fourth-order valence-corrected chi connectivity index (χ4v) is 2.58. The lowest BCUT2D eigenvalue weighted by molar-refractivity contribution is 0.266. The van der Waals surface area contributed by atoms with Crippen molar-refractivity contribution in [2.45, 2.75) is 33.2 Å². The highest BCUT2D eigenvalue weighted by Gasteiger charge is 2.18. The van der Waals surface area contributed by atoms with E-state index in [2.05, 4.69) is 24.1 Å². The third-order valence-corrected chi connectivity index (χ3v) is 3.64. The first-order chi connectivity index (χ1) is 9.69. The first kappa shape index (κ1) is 14.7. The van der Waals surface area contributed by atoms with Gasteiger partial charge in [0.25, 0.3) is 0 Å². The number of aromatic hydroxyl groups is 1. The minimum atomic E-state index is 0.300. The Balaban J connectivity index is 2.03. The summed E-state index contributed by atoms with van der Waals surface area (Å²) in [5.41, 5.74) is 1.11. The van der Waals surface area contributed by atoms with Crippen LogP contribution in [-0.4, -0.2) is 35.6 Å². The molecule has 1 unspecified atom stereocenters. The molecule has 1 atom stereocenters. The Bertz CT molecular complexity index is 442. The lowest BCUT2D eigenvalue weighted by atomic mass is 10.0. The van der Waals surface area contributed by atoms with E-state index in [-0.39, 0.29) is 0 Å². The number of nitrogens with zero attached hydrogens (tertiary/aromatic N) is 2. The normalized spacial score (nSPS) is 20.0. The van der Waals surface area contributed by atoms with E-state index in [1.165, 1.54) is 12.8 Å². The predicted molar refractivity (Wildman–Crippen MR) is 82.9 cm³/mol. The molecule has 0 radical (unpaired) electrons. The lowest BCUT2D eigenvalue weighted by Crippen LogP contribution is -2.46. The van der Waals surface area contributed by atoms with Crippen LogP contribution in [0.15, 0.2) is 29.3 Å². The summed E-state index contributed by atoms with van der Waals surface area (Å²) in [7, 11) is 0. The van der Waals surface area contributed by atoms with Gasteiger partial charge in [0.05, 0.1) is 6.54 Å². The van der Waals surface area contributed by atoms with E-state index in [4.69, 9.17) is 4.99 Å². The molecule has 2 N–H and O–H groups in total. The Morgan fingerprint density at radius 1 is 1.40 bits per heavy atom. The predicted octanol–water partition coefficient (Wildman–Crippen LogP) is 2.59. The molecule has 0 amide bonds. The second-order valence-corrected chi connectivity index (χ2v) is 5.53. The number of benzene rings is 1. The van der Waals surface area contributed by atoms with Crippen molar-refractivity contribution in [2.24, 2.45) is 10.9 Å². The van der Waals surface area contributed by atoms with Crippen LogP contribution < -0.4 is 5.32 Å². The van der Waals surface area contributed by atoms with Gasteiger partial charge in [-0.05, 0) is 43.4 Å². The number of likely N-dealkylation sites (tertiary alicyclic amines) is 1. The summed E-state index contributed by atoms with van der Waals surface area (Å²) in [6.07, 6.45) is 2.55. The molecule has 2 rings (SSSR count). The topological polar surface area (TPSA) is 47.9 Å². The van der Waals surface area contributed by atoms with Crippen LogP contribution in [0.25, 0.3) is 0 Å². The third-order valence-electron chi connectivity index (χ3n) is 3.64. The van der Waals surface area contributed by atoms with Crippen LogP contribution in [0.2, 0.25) is 0 Å². The van der Waals surface area contributed by atoms with Crippen molar-refractivity contribution in [3.8, 4) is 5.75 Å². The van der Waals surface area contributed by atoms with Gasteiger partial charge < -0.3 is 15.3 Å². The molecule has 0 aliphatic carbocycles. The molecule has 1 heterocycles. The van der Waals surface area contributed by atoms with Gasteiger partial charge in [-0.3, -0.25) is 0 Å². The Morgan fingerprint density at radius 3 is 2.80 bits per heavy atom. The first-order valence-corrected chi connectivity index (χ1v) is 7.50. The van der Waals surface area contributed by atoms with Crippen molar-refractivity contribution in [2.75, 3.05) is 19.6 Å². The zero-order valence-electron chi connectivity index (χ0n) is 12.5. The fourth-order valence-electron chi connectivity index (χ4n) is 2.58. The van der Waals surface area contributed by atoms with E-state index < -0.39 is 0 Å². The molecular weight excluding hydrogens is 250 g/mol. The van der Waals surface area contributed by atoms with Crippen LogP contribution in [0.3, 0.4) is 0 Å². The average molecular weight is 275 g/mol. The van der Waals surface area contributed by atoms with Gasteiger partial charge in [-0.15, -0.1) is 0 Å². The summed E-state index contributed by atoms with van der Waals surface area (Å²) < 4.78 is 0. The molecule has 4 nitrogen and oxygen atoms in total. The standard InChI is InChI=1S/C16H25N3O/c1-3-17-16(19-10-4-5-13(2)12-19)18-11-14-6-8-15(20)9-7-14/h6-9,13,20H,3-5,10-12H2,1-2H3,(H,17,18). The lowest BCUT2D eigenvalue weighted by Gasteiger charge is -2.33. The summed E-state index contributed by atoms with van der Waals surface area (Å²) in [6.45, 7) is 8.11. The minimum Gasteiger partial charge on any atom is -0.508 e. The fraction of sp³-hybridized carbons (Fsp3) is 0.562. The highest BCUT2D eigenvalue weighted by molar-refractivity contribution is 5.80. The summed E-state index contributed by atoms with van der Waals surface area (Å²) >= 11 is 0. The van der Waals surface area contributed by atoms with E-state index in [9.17, 15) is 5.11 Å². The summed E-state index contributed by atoms with van der Waals surface area (Å²) in [5, 5.41) is 12.7. The van der Waals surface area contributed by atoms with Crippen molar-refractivity contribution < 1.29 is 5.11 Å². The van der Waals surface area contributed by atoms with Gasteiger partial charge in [0, 0.05) is 19.6 Å². The van der Waals surface area contributed by atoms with Gasteiger partial charge in [0.2, 0.25) is 0 Å². The summed E-state index contributed by atoms with van der Waals surface area (Å²) in [6, 6.07) is 7.25. The van der Waals surface area contributed by atoms with Crippen LogP contribution in [-0.2, 0) is 6.54 Å². The molecule has 0 spiro atoms. The van der Waals surface area contributed by atoms with Crippen molar-refractivity contribution >= 4 is 5.96 Å². The molecule has 0 bridgehead atoms. The SMILES string of the molecule is CCNC(=NCc1ccc(O)cc1)N1CCCC(C)C1. The number of aliphatic imine (C=N–C) groups is 1. The van der Waals surface area contributed by atoms with E-state index in [1.807, 2.05) is 12.1 Å². The molecule has 4 heteroatoms. The van der Waals surface area contributed by atoms with Gasteiger partial charge in [-0.1, -0.05) is 19.1 Å². The summed E-state index contributed by atoms with van der Waals surface area (Å²) in [4.78, 5) is 7.08. The Kier molecular flexibility index (Phi) is 5.27. The maximum atomic E-state index is 9.29. The number of rotatable bonds is 3. The second-order valence-electron chi connectivity index (χ2n) is 5.53. The van der Waals surface area contributed by atoms with Crippen molar-refractivity contribution in [1.29, 1.82) is 0 Å². The Labute approximate surface area is 121 Å². The number of phenolic OH excluding ortho intramolecular Hbond substituents is 1. The molecule has 0 aromatic heterocycles. The first-order valence-electron chi connectivity index (χ1n) is 7.50. The number of hydrogen-bond donors (Lipinski definition) is 2. The third kappa shape index (κ3) is 4.15. The van der Waals surface area contributed by atoms with Crippen LogP contribution in [0, 0.1) is 5.92 Å². The molecule has 1 saturated heterocycles. The molecule has 1 aromatic carbocycles. The van der Waals surface area contributed by atoms with E-state index in [1.54, 1.807) is 12.1 Å². The number of phenols is 1. The maximum Gasteiger partial charge on any atom is 0.194 e. The van der Waals surface area contributed by atoms with Crippen molar-refractivity contribution in [3.05, 3.63) is 29.8 Å². The molecule has 1 aromatic rings. The maximum absolute atomic E-state index is 9.29. The number of hydrogen-bond acceptors (Lipinski definition) is 2. The molecule has 1 fully saturated rings. The largest absolute Gasteiger partial charge is 0.508 e. The molecule has 20 heavy (non-hydrogen) atoms. The monoisotopic (exact) mass is 275 g/mol. The minimum absolute atomic E-state index is 0.300. The van der Waals surface area contributed by atoms with Crippen LogP contribution >= 0.6 is 0 Å². The van der Waals surface area contributed by atoms with Crippen molar-refractivity contribution in [3.63, 3.8) is 0 Å². The Morgan fingerprint density at radius 2 is 2.15 bits per heavy atom. The number of guanidine groups is 1. The van der Waals surface area contributed by atoms with Crippen LogP contribution in [0.4, 0.5) is 0 Å². The van der Waals surface area contributed by atoms with Crippen LogP contribution in [0.5, 0.6) is 5.75 Å². The van der Waals surface area contributed by atoms with Gasteiger partial charge in [-0.25, -0.2) is 4.99 Å². The number of piperidine rings is 1. The molecular formula is C16H25N3O. The zero-order valence-corrected chi connectivity index (χ0v) is 12.5. The van der Waals surface area contributed by atoms with Gasteiger partial charge in [-0.2, -0.15) is 0 Å². The van der Waals surface area contributed by atoms with E-state index in [0.717, 1.165) is 37.1 Å². The quantitative estimate of drug-likeness (QED) is 0.658. The van der Waals surface area contributed by atoms with Gasteiger partial charge in [0.15, 0.2) is 5.96 Å². The zero-order chi connectivity index (χ0) is 14.4. The molecule has 110 valence electrons. The number of nitrogens with one attached hydrogen (secondary N) is 1. The smallest absolute Gasteiger partial charge is 0.194 e. The van der Waals surface area contributed by atoms with Crippen molar-refractivity contribution in [1.82, 2.24) is 10.2 Å². The molecule has 1 aliphatic heterocycles.